The van der Waals surface area contributed by atoms with Crippen molar-refractivity contribution in [1.29, 1.82) is 0 Å². The fourth-order valence-corrected chi connectivity index (χ4v) is 5.82. The average Bonchev–Trinajstić information content (AvgIpc) is 2.62. The maximum atomic E-state index is 12.3. The summed E-state index contributed by atoms with van der Waals surface area (Å²) in [6.45, 7) is 11.4. The van der Waals surface area contributed by atoms with Crippen molar-refractivity contribution in [2.45, 2.75) is 105 Å². The zero-order valence-corrected chi connectivity index (χ0v) is 18.8. The van der Waals surface area contributed by atoms with Crippen LogP contribution in [-0.2, 0) is 22.8 Å². The summed E-state index contributed by atoms with van der Waals surface area (Å²) in [5, 5.41) is 0. The van der Waals surface area contributed by atoms with Crippen molar-refractivity contribution in [3.63, 3.8) is 0 Å². The van der Waals surface area contributed by atoms with Crippen molar-refractivity contribution in [3.05, 3.63) is 0 Å². The fourth-order valence-electron chi connectivity index (χ4n) is 3.03. The first-order valence-electron chi connectivity index (χ1n) is 10.7. The predicted molar refractivity (Wildman–Crippen MR) is 108 cm³/mol. The van der Waals surface area contributed by atoms with Gasteiger partial charge in [-0.05, 0) is 33.6 Å². The van der Waals surface area contributed by atoms with E-state index in [9.17, 15) is 4.79 Å². The molecular weight excluding hydrogens is 348 g/mol. The van der Waals surface area contributed by atoms with Crippen molar-refractivity contribution >= 4 is 14.8 Å². The van der Waals surface area contributed by atoms with E-state index < -0.39 is 14.5 Å². The number of hydrogen-bond donors (Lipinski definition) is 0. The smallest absolute Gasteiger partial charge is 0.458 e. The van der Waals surface area contributed by atoms with Gasteiger partial charge < -0.3 is 18.0 Å². The van der Waals surface area contributed by atoms with Gasteiger partial charge in [-0.3, -0.25) is 4.79 Å². The van der Waals surface area contributed by atoms with Crippen LogP contribution in [0, 0.1) is 0 Å². The molecule has 1 unspecified atom stereocenters. The van der Waals surface area contributed by atoms with Crippen LogP contribution in [0.15, 0.2) is 0 Å². The molecule has 0 aromatic heterocycles. The van der Waals surface area contributed by atoms with Gasteiger partial charge in [0, 0.05) is 26.2 Å². The van der Waals surface area contributed by atoms with Crippen molar-refractivity contribution in [1.82, 2.24) is 0 Å². The molecule has 26 heavy (non-hydrogen) atoms. The summed E-state index contributed by atoms with van der Waals surface area (Å²) in [4.78, 5) is 12.3. The number of unbranched alkanes of at least 4 members (excludes halogenated alkanes) is 7. The molecular formula is C20H42O5Si. The Bertz CT molecular complexity index is 321. The molecule has 0 aliphatic rings. The molecule has 0 fully saturated rings. The summed E-state index contributed by atoms with van der Waals surface area (Å²) >= 11 is 0. The van der Waals surface area contributed by atoms with Crippen LogP contribution in [0.4, 0.5) is 0 Å². The minimum atomic E-state index is -3.00. The second-order valence-corrected chi connectivity index (χ2v) is 9.23. The number of carbonyl (C=O) groups excluding carboxylic acids is 1. The van der Waals surface area contributed by atoms with Gasteiger partial charge in [-0.1, -0.05) is 58.8 Å². The van der Waals surface area contributed by atoms with E-state index in [0.717, 1.165) is 12.8 Å². The van der Waals surface area contributed by atoms with Gasteiger partial charge in [0.1, 0.15) is 0 Å². The Morgan fingerprint density at radius 1 is 0.731 bits per heavy atom. The maximum absolute atomic E-state index is 12.3. The molecule has 0 aliphatic heterocycles. The summed E-state index contributed by atoms with van der Waals surface area (Å²) in [5.74, 6) is -0.168. The third-order valence-electron chi connectivity index (χ3n) is 4.31. The highest BCUT2D eigenvalue weighted by atomic mass is 28.4. The van der Waals surface area contributed by atoms with Gasteiger partial charge in [-0.25, -0.2) is 0 Å². The molecule has 0 amide bonds. The summed E-state index contributed by atoms with van der Waals surface area (Å²) in [6, 6.07) is 0. The van der Waals surface area contributed by atoms with Crippen LogP contribution in [0.2, 0.25) is 0 Å². The number of esters is 1. The second-order valence-electron chi connectivity index (χ2n) is 6.51. The van der Waals surface area contributed by atoms with Crippen molar-refractivity contribution in [2.24, 2.45) is 0 Å². The van der Waals surface area contributed by atoms with Gasteiger partial charge >= 0.3 is 14.8 Å². The Morgan fingerprint density at radius 2 is 1.19 bits per heavy atom. The predicted octanol–water partition coefficient (Wildman–Crippen LogP) is 5.43. The molecule has 0 aromatic rings. The van der Waals surface area contributed by atoms with E-state index in [-0.39, 0.29) is 5.97 Å². The molecule has 0 spiro atoms. The zero-order valence-electron chi connectivity index (χ0n) is 17.8. The Labute approximate surface area is 162 Å². The van der Waals surface area contributed by atoms with Gasteiger partial charge in [-0.2, -0.15) is 0 Å². The molecule has 0 saturated heterocycles. The molecule has 156 valence electrons. The quantitative estimate of drug-likeness (QED) is 0.177. The number of ether oxygens (including phenoxy) is 1. The van der Waals surface area contributed by atoms with E-state index in [4.69, 9.17) is 18.0 Å². The van der Waals surface area contributed by atoms with Crippen LogP contribution >= 0.6 is 0 Å². The normalized spacial score (nSPS) is 13.0. The van der Waals surface area contributed by atoms with E-state index >= 15 is 0 Å². The SMILES string of the molecule is CCCCCCCCCCC(=O)OC(CC)[Si](OCC)(OCC)OCC. The first-order valence-corrected chi connectivity index (χ1v) is 12.5. The number of hydrogen-bond acceptors (Lipinski definition) is 5. The van der Waals surface area contributed by atoms with Gasteiger partial charge in [0.05, 0.1) is 0 Å². The molecule has 6 heteroatoms. The first kappa shape index (κ1) is 25.6. The molecule has 0 N–H and O–H groups in total. The van der Waals surface area contributed by atoms with E-state index in [1.54, 1.807) is 0 Å². The van der Waals surface area contributed by atoms with E-state index in [1.807, 2.05) is 27.7 Å². The molecule has 0 heterocycles. The lowest BCUT2D eigenvalue weighted by atomic mass is 10.1. The summed E-state index contributed by atoms with van der Waals surface area (Å²) < 4.78 is 23.3. The maximum Gasteiger partial charge on any atom is 0.544 e. The van der Waals surface area contributed by atoms with Crippen molar-refractivity contribution < 1.29 is 22.8 Å². The highest BCUT2D eigenvalue weighted by molar-refractivity contribution is 6.62. The summed E-state index contributed by atoms with van der Waals surface area (Å²) in [6.07, 6.45) is 10.8. The molecule has 0 aliphatic carbocycles. The number of rotatable bonds is 18. The van der Waals surface area contributed by atoms with Crippen molar-refractivity contribution in [3.8, 4) is 0 Å². The van der Waals surface area contributed by atoms with E-state index in [0.29, 0.717) is 32.7 Å². The number of carbonyl (C=O) groups is 1. The van der Waals surface area contributed by atoms with Crippen LogP contribution in [0.5, 0.6) is 0 Å². The van der Waals surface area contributed by atoms with Gasteiger partial charge in [0.15, 0.2) is 5.73 Å². The molecule has 0 bridgehead atoms. The van der Waals surface area contributed by atoms with Crippen LogP contribution in [-0.4, -0.2) is 40.3 Å². The zero-order chi connectivity index (χ0) is 19.7. The Hall–Kier alpha value is -0.433. The van der Waals surface area contributed by atoms with Crippen LogP contribution in [0.25, 0.3) is 0 Å². The minimum Gasteiger partial charge on any atom is -0.458 e. The highest BCUT2D eigenvalue weighted by Gasteiger charge is 2.51. The monoisotopic (exact) mass is 390 g/mol. The Kier molecular flexibility index (Phi) is 16.4. The first-order chi connectivity index (χ1) is 12.6. The molecule has 0 aromatic carbocycles. The van der Waals surface area contributed by atoms with Gasteiger partial charge in [0.25, 0.3) is 0 Å². The molecule has 0 radical (unpaired) electrons. The standard InChI is InChI=1S/C20H42O5Si/c1-6-11-12-13-14-15-16-17-18-19(21)25-20(7-2)26(22-8-3,23-9-4)24-10-5/h20H,6-18H2,1-5H3. The highest BCUT2D eigenvalue weighted by Crippen LogP contribution is 2.22. The van der Waals surface area contributed by atoms with Gasteiger partial charge in [-0.15, -0.1) is 0 Å². The summed E-state index contributed by atoms with van der Waals surface area (Å²) in [7, 11) is -3.00. The third kappa shape index (κ3) is 10.7. The lowest BCUT2D eigenvalue weighted by Gasteiger charge is -2.34. The Morgan fingerprint density at radius 3 is 1.62 bits per heavy atom. The van der Waals surface area contributed by atoms with Crippen molar-refractivity contribution in [2.75, 3.05) is 19.8 Å². The molecule has 0 saturated carbocycles. The van der Waals surface area contributed by atoms with Crippen LogP contribution in [0.1, 0.15) is 98.8 Å². The largest absolute Gasteiger partial charge is 0.544 e. The molecule has 5 nitrogen and oxygen atoms in total. The average molecular weight is 391 g/mol. The second kappa shape index (κ2) is 16.7. The fraction of sp³-hybridized carbons (Fsp3) is 0.950. The minimum absolute atomic E-state index is 0.168. The lowest BCUT2D eigenvalue weighted by Crippen LogP contribution is -2.58. The lowest BCUT2D eigenvalue weighted by molar-refractivity contribution is -0.149. The molecule has 1 atom stereocenters. The third-order valence-corrected chi connectivity index (χ3v) is 7.70. The van der Waals surface area contributed by atoms with Crippen LogP contribution in [0.3, 0.4) is 0 Å². The van der Waals surface area contributed by atoms with E-state index in [2.05, 4.69) is 6.92 Å². The summed E-state index contributed by atoms with van der Waals surface area (Å²) in [5.41, 5.74) is -0.427. The van der Waals surface area contributed by atoms with Gasteiger partial charge in [0.2, 0.25) is 0 Å². The molecule has 0 rings (SSSR count). The topological polar surface area (TPSA) is 54.0 Å². The Balaban J connectivity index is 4.34. The van der Waals surface area contributed by atoms with E-state index in [1.165, 1.54) is 38.5 Å². The van der Waals surface area contributed by atoms with Crippen LogP contribution < -0.4 is 0 Å².